The Labute approximate surface area is 96.4 Å². The first kappa shape index (κ1) is 11.5. The maximum Gasteiger partial charge on any atom is 0.244 e. The summed E-state index contributed by atoms with van der Waals surface area (Å²) in [5, 5.41) is 0. The lowest BCUT2D eigenvalue weighted by molar-refractivity contribution is 0.423. The van der Waals surface area contributed by atoms with Crippen molar-refractivity contribution >= 4 is 10.0 Å². The van der Waals surface area contributed by atoms with Crippen molar-refractivity contribution < 1.29 is 8.42 Å². The van der Waals surface area contributed by atoms with E-state index in [0.717, 1.165) is 25.7 Å². The van der Waals surface area contributed by atoms with Crippen molar-refractivity contribution in [2.24, 2.45) is 0 Å². The first-order valence-electron chi connectivity index (χ1n) is 5.61. The third-order valence-corrected chi connectivity index (χ3v) is 4.72. The standard InChI is InChI=1S/C11H16N2O2S/c14-16(15,11-6-5-7-12-10-11)13-8-3-1-2-4-9-13/h5-7,10H,1-4,8-9H2. The molecule has 0 spiro atoms. The van der Waals surface area contributed by atoms with Crippen molar-refractivity contribution in [3.63, 3.8) is 0 Å². The summed E-state index contributed by atoms with van der Waals surface area (Å²) in [5.74, 6) is 0. The van der Waals surface area contributed by atoms with E-state index >= 15 is 0 Å². The molecule has 1 aliphatic heterocycles. The van der Waals surface area contributed by atoms with Crippen LogP contribution in [0.2, 0.25) is 0 Å². The van der Waals surface area contributed by atoms with Gasteiger partial charge in [0.05, 0.1) is 0 Å². The normalized spacial score (nSPS) is 19.2. The highest BCUT2D eigenvalue weighted by molar-refractivity contribution is 7.89. The molecular formula is C11H16N2O2S. The molecule has 88 valence electrons. The van der Waals surface area contributed by atoms with Gasteiger partial charge in [0.25, 0.3) is 0 Å². The monoisotopic (exact) mass is 240 g/mol. The maximum absolute atomic E-state index is 12.2. The molecule has 0 aromatic carbocycles. The summed E-state index contributed by atoms with van der Waals surface area (Å²) in [5.41, 5.74) is 0. The van der Waals surface area contributed by atoms with E-state index in [-0.39, 0.29) is 0 Å². The molecule has 1 fully saturated rings. The summed E-state index contributed by atoms with van der Waals surface area (Å²) in [6.07, 6.45) is 7.17. The van der Waals surface area contributed by atoms with Gasteiger partial charge < -0.3 is 0 Å². The zero-order valence-corrected chi connectivity index (χ0v) is 9.99. The van der Waals surface area contributed by atoms with Crippen LogP contribution < -0.4 is 0 Å². The van der Waals surface area contributed by atoms with Crippen molar-refractivity contribution in [2.45, 2.75) is 30.6 Å². The van der Waals surface area contributed by atoms with Gasteiger partial charge in [-0.1, -0.05) is 12.8 Å². The predicted octanol–water partition coefficient (Wildman–Crippen LogP) is 1.65. The quantitative estimate of drug-likeness (QED) is 0.789. The second kappa shape index (κ2) is 4.93. The first-order chi connectivity index (χ1) is 7.71. The van der Waals surface area contributed by atoms with Crippen LogP contribution in [-0.4, -0.2) is 30.8 Å². The summed E-state index contributed by atoms with van der Waals surface area (Å²) in [4.78, 5) is 4.17. The van der Waals surface area contributed by atoms with Crippen LogP contribution in [0.1, 0.15) is 25.7 Å². The Kier molecular flexibility index (Phi) is 3.56. The summed E-state index contributed by atoms with van der Waals surface area (Å²) >= 11 is 0. The number of pyridine rings is 1. The van der Waals surface area contributed by atoms with E-state index in [1.54, 1.807) is 22.6 Å². The van der Waals surface area contributed by atoms with Gasteiger partial charge in [-0.25, -0.2) is 8.42 Å². The molecule has 2 heterocycles. The molecule has 0 bridgehead atoms. The Morgan fingerprint density at radius 3 is 2.38 bits per heavy atom. The number of aromatic nitrogens is 1. The summed E-state index contributed by atoms with van der Waals surface area (Å²) < 4.78 is 26.0. The van der Waals surface area contributed by atoms with E-state index in [2.05, 4.69) is 4.98 Å². The lowest BCUT2D eigenvalue weighted by Gasteiger charge is -2.19. The maximum atomic E-state index is 12.2. The van der Waals surface area contributed by atoms with Crippen molar-refractivity contribution in [1.82, 2.24) is 9.29 Å². The smallest absolute Gasteiger partial charge is 0.244 e. The van der Waals surface area contributed by atoms with Crippen LogP contribution in [0.3, 0.4) is 0 Å². The van der Waals surface area contributed by atoms with E-state index in [9.17, 15) is 8.42 Å². The van der Waals surface area contributed by atoms with E-state index in [1.165, 1.54) is 6.20 Å². The van der Waals surface area contributed by atoms with Crippen LogP contribution in [0.15, 0.2) is 29.4 Å². The molecule has 16 heavy (non-hydrogen) atoms. The largest absolute Gasteiger partial charge is 0.263 e. The number of nitrogens with zero attached hydrogens (tertiary/aromatic N) is 2. The SMILES string of the molecule is O=S(=O)(c1cccnc1)N1CCCCCC1. The summed E-state index contributed by atoms with van der Waals surface area (Å²) in [6, 6.07) is 3.26. The highest BCUT2D eigenvalue weighted by Crippen LogP contribution is 2.19. The van der Waals surface area contributed by atoms with Gasteiger partial charge in [-0.2, -0.15) is 4.31 Å². The van der Waals surface area contributed by atoms with Gasteiger partial charge in [0.15, 0.2) is 0 Å². The molecular weight excluding hydrogens is 224 g/mol. The zero-order chi connectivity index (χ0) is 11.4. The summed E-state index contributed by atoms with van der Waals surface area (Å²) in [6.45, 7) is 1.27. The van der Waals surface area contributed by atoms with Crippen LogP contribution in [0.5, 0.6) is 0 Å². The predicted molar refractivity (Wildman–Crippen MR) is 61.5 cm³/mol. The molecule has 2 rings (SSSR count). The van der Waals surface area contributed by atoms with Crippen LogP contribution in [0.25, 0.3) is 0 Å². The lowest BCUT2D eigenvalue weighted by atomic mass is 10.2. The second-order valence-corrected chi connectivity index (χ2v) is 5.94. The Balaban J connectivity index is 2.24. The van der Waals surface area contributed by atoms with Gasteiger partial charge in [-0.05, 0) is 25.0 Å². The van der Waals surface area contributed by atoms with Gasteiger partial charge >= 0.3 is 0 Å². The van der Waals surface area contributed by atoms with Crippen molar-refractivity contribution in [1.29, 1.82) is 0 Å². The third-order valence-electron chi connectivity index (χ3n) is 2.84. The number of sulfonamides is 1. The fraction of sp³-hybridized carbons (Fsp3) is 0.545. The van der Waals surface area contributed by atoms with Gasteiger partial charge in [0.1, 0.15) is 4.90 Å². The van der Waals surface area contributed by atoms with Crippen LogP contribution in [0.4, 0.5) is 0 Å². The lowest BCUT2D eigenvalue weighted by Crippen LogP contribution is -2.31. The molecule has 0 saturated carbocycles. The average molecular weight is 240 g/mol. The molecule has 0 aliphatic carbocycles. The van der Waals surface area contributed by atoms with Crippen molar-refractivity contribution in [3.05, 3.63) is 24.5 Å². The Bertz CT molecular complexity index is 423. The molecule has 1 aromatic heterocycles. The molecule has 1 aromatic rings. The zero-order valence-electron chi connectivity index (χ0n) is 9.17. The van der Waals surface area contributed by atoms with E-state index in [1.807, 2.05) is 0 Å². The highest BCUT2D eigenvalue weighted by atomic mass is 32.2. The Morgan fingerprint density at radius 1 is 1.12 bits per heavy atom. The minimum Gasteiger partial charge on any atom is -0.263 e. The molecule has 0 atom stereocenters. The number of hydrogen-bond acceptors (Lipinski definition) is 3. The first-order valence-corrected chi connectivity index (χ1v) is 7.05. The fourth-order valence-corrected chi connectivity index (χ4v) is 3.41. The van der Waals surface area contributed by atoms with Gasteiger partial charge in [-0.3, -0.25) is 4.98 Å². The fourth-order valence-electron chi connectivity index (χ4n) is 1.93. The topological polar surface area (TPSA) is 50.3 Å². The molecule has 4 nitrogen and oxygen atoms in total. The molecule has 0 unspecified atom stereocenters. The van der Waals surface area contributed by atoms with E-state index < -0.39 is 10.0 Å². The molecule has 0 radical (unpaired) electrons. The van der Waals surface area contributed by atoms with E-state index in [0.29, 0.717) is 18.0 Å². The number of rotatable bonds is 2. The van der Waals surface area contributed by atoms with Crippen molar-refractivity contribution in [2.75, 3.05) is 13.1 Å². The minimum atomic E-state index is -3.31. The molecule has 1 saturated heterocycles. The molecule has 0 amide bonds. The van der Waals surface area contributed by atoms with Gasteiger partial charge in [-0.15, -0.1) is 0 Å². The van der Waals surface area contributed by atoms with Gasteiger partial charge in [0.2, 0.25) is 10.0 Å². The van der Waals surface area contributed by atoms with Crippen LogP contribution >= 0.6 is 0 Å². The Hall–Kier alpha value is -0.940. The van der Waals surface area contributed by atoms with Gasteiger partial charge in [0, 0.05) is 25.5 Å². The van der Waals surface area contributed by atoms with Crippen LogP contribution in [-0.2, 0) is 10.0 Å². The second-order valence-electron chi connectivity index (χ2n) is 4.01. The number of hydrogen-bond donors (Lipinski definition) is 0. The van der Waals surface area contributed by atoms with E-state index in [4.69, 9.17) is 0 Å². The van der Waals surface area contributed by atoms with Crippen molar-refractivity contribution in [3.8, 4) is 0 Å². The Morgan fingerprint density at radius 2 is 1.81 bits per heavy atom. The molecule has 1 aliphatic rings. The molecule has 5 heteroatoms. The molecule has 0 N–H and O–H groups in total. The average Bonchev–Trinajstić information content (AvgIpc) is 2.59. The third kappa shape index (κ3) is 2.41. The summed E-state index contributed by atoms with van der Waals surface area (Å²) in [7, 11) is -3.31. The van der Waals surface area contributed by atoms with Crippen LogP contribution in [0, 0.1) is 0 Å². The highest BCUT2D eigenvalue weighted by Gasteiger charge is 2.24. The minimum absolute atomic E-state index is 0.303.